The van der Waals surface area contributed by atoms with Gasteiger partial charge >= 0.3 is 0 Å². The van der Waals surface area contributed by atoms with Gasteiger partial charge in [-0.3, -0.25) is 4.90 Å². The van der Waals surface area contributed by atoms with Gasteiger partial charge in [0.2, 0.25) is 0 Å². The Labute approximate surface area is 155 Å². The van der Waals surface area contributed by atoms with Crippen molar-refractivity contribution < 1.29 is 0 Å². The minimum absolute atomic E-state index is 0.655. The molecule has 4 heterocycles. The zero-order chi connectivity index (χ0) is 17.5. The van der Waals surface area contributed by atoms with Crippen LogP contribution in [0, 0.1) is 5.92 Å². The summed E-state index contributed by atoms with van der Waals surface area (Å²) >= 11 is 0. The van der Waals surface area contributed by atoms with Crippen molar-refractivity contribution >= 4 is 5.82 Å². The van der Waals surface area contributed by atoms with Crippen LogP contribution in [0.25, 0.3) is 0 Å². The second-order valence-electron chi connectivity index (χ2n) is 8.09. The second kappa shape index (κ2) is 6.63. The number of hydrogen-bond donors (Lipinski definition) is 0. The summed E-state index contributed by atoms with van der Waals surface area (Å²) in [5.74, 6) is 1.96. The van der Waals surface area contributed by atoms with Crippen molar-refractivity contribution in [1.82, 2.24) is 19.8 Å². The Morgan fingerprint density at radius 1 is 1.08 bits per heavy atom. The first-order valence-corrected chi connectivity index (χ1v) is 9.82. The molecule has 0 radical (unpaired) electrons. The van der Waals surface area contributed by atoms with Crippen LogP contribution in [0.2, 0.25) is 0 Å². The molecule has 2 saturated heterocycles. The van der Waals surface area contributed by atoms with Crippen molar-refractivity contribution in [2.45, 2.75) is 32.0 Å². The molecule has 26 heavy (non-hydrogen) atoms. The third-order valence-electron chi connectivity index (χ3n) is 6.36. The molecule has 5 heteroatoms. The molecule has 0 unspecified atom stereocenters. The van der Waals surface area contributed by atoms with E-state index < -0.39 is 0 Å². The number of rotatable bonds is 3. The Morgan fingerprint density at radius 3 is 2.85 bits per heavy atom. The number of likely N-dealkylation sites (N-methyl/N-ethyl adjacent to an activating group) is 1. The third kappa shape index (κ3) is 2.89. The van der Waals surface area contributed by atoms with E-state index in [2.05, 4.69) is 57.1 Å². The topological polar surface area (TPSA) is 35.5 Å². The highest BCUT2D eigenvalue weighted by Crippen LogP contribution is 2.36. The highest BCUT2D eigenvalue weighted by atomic mass is 15.3. The molecule has 3 aliphatic rings. The average molecular weight is 349 g/mol. The molecule has 0 bridgehead atoms. The van der Waals surface area contributed by atoms with Crippen molar-refractivity contribution in [3.8, 4) is 0 Å². The Balaban J connectivity index is 1.35. The van der Waals surface area contributed by atoms with E-state index in [4.69, 9.17) is 4.98 Å². The molecule has 5 nitrogen and oxygen atoms in total. The van der Waals surface area contributed by atoms with Gasteiger partial charge in [0.1, 0.15) is 12.1 Å². The number of hydrogen-bond acceptors (Lipinski definition) is 5. The van der Waals surface area contributed by atoms with Gasteiger partial charge in [0.25, 0.3) is 0 Å². The fraction of sp³-hybridized carbons (Fsp3) is 0.524. The number of aromatic nitrogens is 2. The van der Waals surface area contributed by atoms with Gasteiger partial charge in [-0.25, -0.2) is 9.97 Å². The van der Waals surface area contributed by atoms with Crippen LogP contribution in [-0.2, 0) is 19.5 Å². The lowest BCUT2D eigenvalue weighted by atomic mass is 10.0. The quantitative estimate of drug-likeness (QED) is 0.849. The van der Waals surface area contributed by atoms with Crippen molar-refractivity contribution in [3.05, 3.63) is 53.5 Å². The fourth-order valence-electron chi connectivity index (χ4n) is 4.97. The van der Waals surface area contributed by atoms with E-state index in [1.54, 1.807) is 6.33 Å². The molecule has 1 aromatic heterocycles. The number of anilines is 1. The first kappa shape index (κ1) is 16.2. The summed E-state index contributed by atoms with van der Waals surface area (Å²) in [5.41, 5.74) is 4.04. The molecule has 3 aliphatic heterocycles. The van der Waals surface area contributed by atoms with Crippen LogP contribution in [0.5, 0.6) is 0 Å². The van der Waals surface area contributed by atoms with E-state index >= 15 is 0 Å². The normalized spacial score (nSPS) is 26.1. The predicted molar refractivity (Wildman–Crippen MR) is 103 cm³/mol. The maximum Gasteiger partial charge on any atom is 0.136 e. The Morgan fingerprint density at radius 2 is 1.96 bits per heavy atom. The Kier molecular flexibility index (Phi) is 4.14. The maximum absolute atomic E-state index is 4.71. The highest BCUT2D eigenvalue weighted by Gasteiger charge is 2.42. The van der Waals surface area contributed by atoms with E-state index in [9.17, 15) is 0 Å². The van der Waals surface area contributed by atoms with Gasteiger partial charge < -0.3 is 9.80 Å². The summed E-state index contributed by atoms with van der Waals surface area (Å²) in [4.78, 5) is 16.9. The summed E-state index contributed by atoms with van der Waals surface area (Å²) < 4.78 is 0. The van der Waals surface area contributed by atoms with Gasteiger partial charge in [-0.05, 0) is 31.5 Å². The molecule has 1 aromatic carbocycles. The monoisotopic (exact) mass is 349 g/mol. The standard InChI is InChI=1S/C21H27N5/c1-24-9-8-19-18(13-24)21(23-15-22-19)26-12-17-7-10-25(20(17)14-26)11-16-5-3-2-4-6-16/h2-6,15,17,20H,7-14H2,1H3/t17-,20+/m1/s1. The summed E-state index contributed by atoms with van der Waals surface area (Å²) in [6, 6.07) is 11.5. The first-order valence-electron chi connectivity index (χ1n) is 9.82. The first-order chi connectivity index (χ1) is 12.8. The van der Waals surface area contributed by atoms with Crippen molar-refractivity contribution in [2.75, 3.05) is 38.1 Å². The van der Waals surface area contributed by atoms with Gasteiger partial charge in [0.05, 0.1) is 5.69 Å². The van der Waals surface area contributed by atoms with Gasteiger partial charge in [0.15, 0.2) is 0 Å². The van der Waals surface area contributed by atoms with Crippen LogP contribution in [-0.4, -0.2) is 59.0 Å². The number of benzene rings is 1. The van der Waals surface area contributed by atoms with Crippen LogP contribution in [0.3, 0.4) is 0 Å². The minimum Gasteiger partial charge on any atom is -0.354 e. The second-order valence-corrected chi connectivity index (χ2v) is 8.09. The van der Waals surface area contributed by atoms with Crippen LogP contribution in [0.4, 0.5) is 5.82 Å². The van der Waals surface area contributed by atoms with Crippen molar-refractivity contribution in [1.29, 1.82) is 0 Å². The lowest BCUT2D eigenvalue weighted by Gasteiger charge is -2.30. The molecule has 136 valence electrons. The molecule has 0 N–H and O–H groups in total. The van der Waals surface area contributed by atoms with E-state index in [1.807, 2.05) is 0 Å². The summed E-state index contributed by atoms with van der Waals surface area (Å²) in [5, 5.41) is 0. The third-order valence-corrected chi connectivity index (χ3v) is 6.36. The number of fused-ring (bicyclic) bond motifs is 2. The predicted octanol–water partition coefficient (Wildman–Crippen LogP) is 2.18. The molecule has 2 atom stereocenters. The highest BCUT2D eigenvalue weighted by molar-refractivity contribution is 5.51. The van der Waals surface area contributed by atoms with Gasteiger partial charge in [0, 0.05) is 50.7 Å². The van der Waals surface area contributed by atoms with E-state index in [0.717, 1.165) is 45.1 Å². The molecule has 0 aliphatic carbocycles. The summed E-state index contributed by atoms with van der Waals surface area (Å²) in [6.45, 7) is 6.61. The zero-order valence-electron chi connectivity index (χ0n) is 15.5. The fourth-order valence-corrected chi connectivity index (χ4v) is 4.97. The van der Waals surface area contributed by atoms with Crippen molar-refractivity contribution in [3.63, 3.8) is 0 Å². The largest absolute Gasteiger partial charge is 0.354 e. The maximum atomic E-state index is 4.71. The average Bonchev–Trinajstić information content (AvgIpc) is 3.24. The minimum atomic E-state index is 0.655. The van der Waals surface area contributed by atoms with E-state index in [0.29, 0.717) is 6.04 Å². The van der Waals surface area contributed by atoms with Crippen LogP contribution < -0.4 is 4.90 Å². The van der Waals surface area contributed by atoms with Crippen molar-refractivity contribution in [2.24, 2.45) is 5.92 Å². The zero-order valence-corrected chi connectivity index (χ0v) is 15.5. The number of nitrogens with zero attached hydrogens (tertiary/aromatic N) is 5. The molecular weight excluding hydrogens is 322 g/mol. The smallest absolute Gasteiger partial charge is 0.136 e. The molecular formula is C21H27N5. The van der Waals surface area contributed by atoms with E-state index in [-0.39, 0.29) is 0 Å². The molecule has 2 fully saturated rings. The summed E-state index contributed by atoms with van der Waals surface area (Å²) in [6.07, 6.45) is 4.12. The van der Waals surface area contributed by atoms with Crippen LogP contribution >= 0.6 is 0 Å². The van der Waals surface area contributed by atoms with E-state index in [1.165, 1.54) is 35.6 Å². The van der Waals surface area contributed by atoms with Crippen LogP contribution in [0.1, 0.15) is 23.2 Å². The lowest BCUT2D eigenvalue weighted by Crippen LogP contribution is -2.36. The SMILES string of the molecule is CN1CCc2ncnc(N3C[C@H]4CCN(Cc5ccccc5)[C@H]4C3)c2C1. The molecule has 5 rings (SSSR count). The van der Waals surface area contributed by atoms with Gasteiger partial charge in [-0.1, -0.05) is 30.3 Å². The molecule has 2 aromatic rings. The Hall–Kier alpha value is -1.98. The number of likely N-dealkylation sites (tertiary alicyclic amines) is 1. The molecule has 0 amide bonds. The molecule has 0 saturated carbocycles. The lowest BCUT2D eigenvalue weighted by molar-refractivity contribution is 0.245. The Bertz CT molecular complexity index is 777. The van der Waals surface area contributed by atoms with Gasteiger partial charge in [-0.2, -0.15) is 0 Å². The van der Waals surface area contributed by atoms with Gasteiger partial charge in [-0.15, -0.1) is 0 Å². The van der Waals surface area contributed by atoms with Crippen LogP contribution in [0.15, 0.2) is 36.7 Å². The molecule has 0 spiro atoms. The summed E-state index contributed by atoms with van der Waals surface area (Å²) in [7, 11) is 2.19.